The summed E-state index contributed by atoms with van der Waals surface area (Å²) in [6, 6.07) is 4.94. The third kappa shape index (κ3) is 2.88. The smallest absolute Gasteiger partial charge is 0.378 e. The Kier molecular flexibility index (Phi) is 4.60. The molecule has 5 aliphatic heterocycles. The summed E-state index contributed by atoms with van der Waals surface area (Å²) in [5.74, 6) is -1.27. The molecule has 1 aromatic carbocycles. The zero-order valence-electron chi connectivity index (χ0n) is 18.5. The number of benzene rings is 1. The van der Waals surface area contributed by atoms with E-state index in [4.69, 9.17) is 24.6 Å². The van der Waals surface area contributed by atoms with Gasteiger partial charge in [0.25, 0.3) is 0 Å². The number of nitriles is 1. The van der Waals surface area contributed by atoms with Crippen LogP contribution in [0.1, 0.15) is 30.9 Å². The second-order valence-electron chi connectivity index (χ2n) is 9.63. The first-order valence-corrected chi connectivity index (χ1v) is 11.3. The van der Waals surface area contributed by atoms with Crippen LogP contribution in [0, 0.1) is 23.2 Å². The molecule has 1 spiro atoms. The maximum Gasteiger partial charge on any atom is 0.417 e. The number of carbonyl (C=O) groups excluding carboxylic acids is 1. The Balaban J connectivity index is 1.41. The molecule has 5 fully saturated rings. The summed E-state index contributed by atoms with van der Waals surface area (Å²) in [6.45, 7) is 4.64. The van der Waals surface area contributed by atoms with Crippen molar-refractivity contribution < 1.29 is 32.2 Å². The summed E-state index contributed by atoms with van der Waals surface area (Å²) in [4.78, 5) is 15.1. The standard InChI is InChI=1S/C23H23F3N4O4/c1-21-16(28-29-5-8-32-9-6-29)11-22(34-21)4-7-33-20-18(22)17(21)19(31)30(20)14-3-2-13(12-27)15(10-14)23(24,25)26/h2-3,10,17-18,20H,4-9,11H2,1H3/b28-16+/t17-,18+,20+,21-,22+/m1/s1. The number of carbonyl (C=O) groups is 1. The van der Waals surface area contributed by atoms with E-state index in [0.29, 0.717) is 45.8 Å². The fraction of sp³-hybridized carbons (Fsp3) is 0.609. The number of ether oxygens (including phenoxy) is 3. The third-order valence-electron chi connectivity index (χ3n) is 7.85. The molecule has 6 rings (SSSR count). The van der Waals surface area contributed by atoms with Crippen LogP contribution in [0.5, 0.6) is 0 Å². The number of halogens is 3. The van der Waals surface area contributed by atoms with Gasteiger partial charge in [0.2, 0.25) is 5.91 Å². The van der Waals surface area contributed by atoms with E-state index in [1.807, 2.05) is 11.9 Å². The van der Waals surface area contributed by atoms with Gasteiger partial charge < -0.3 is 14.2 Å². The van der Waals surface area contributed by atoms with Crippen molar-refractivity contribution in [3.63, 3.8) is 0 Å². The Morgan fingerprint density at radius 2 is 2.00 bits per heavy atom. The summed E-state index contributed by atoms with van der Waals surface area (Å²) in [5.41, 5.74) is -2.29. The quantitative estimate of drug-likeness (QED) is 0.652. The van der Waals surface area contributed by atoms with E-state index in [9.17, 15) is 18.0 Å². The molecule has 0 aliphatic carbocycles. The van der Waals surface area contributed by atoms with Gasteiger partial charge in [0.05, 0.1) is 67.3 Å². The van der Waals surface area contributed by atoms with Gasteiger partial charge >= 0.3 is 6.18 Å². The van der Waals surface area contributed by atoms with Gasteiger partial charge in [-0.15, -0.1) is 0 Å². The van der Waals surface area contributed by atoms with Crippen molar-refractivity contribution in [2.45, 2.75) is 43.4 Å². The van der Waals surface area contributed by atoms with Crippen molar-refractivity contribution in [1.82, 2.24) is 5.01 Å². The predicted molar refractivity (Wildman–Crippen MR) is 112 cm³/mol. The van der Waals surface area contributed by atoms with Crippen molar-refractivity contribution in [3.05, 3.63) is 29.3 Å². The van der Waals surface area contributed by atoms with Crippen LogP contribution >= 0.6 is 0 Å². The van der Waals surface area contributed by atoms with Crippen molar-refractivity contribution in [2.75, 3.05) is 37.8 Å². The fourth-order valence-electron chi connectivity index (χ4n) is 6.39. The maximum atomic E-state index is 13.8. The van der Waals surface area contributed by atoms with E-state index in [0.717, 1.165) is 17.8 Å². The highest BCUT2D eigenvalue weighted by Crippen LogP contribution is 2.64. The van der Waals surface area contributed by atoms with E-state index in [1.54, 1.807) is 6.07 Å². The first-order chi connectivity index (χ1) is 16.2. The minimum atomic E-state index is -4.72. The summed E-state index contributed by atoms with van der Waals surface area (Å²) >= 11 is 0. The Morgan fingerprint density at radius 1 is 1.24 bits per heavy atom. The summed E-state index contributed by atoms with van der Waals surface area (Å²) in [5, 5.41) is 15.9. The van der Waals surface area contributed by atoms with Gasteiger partial charge in [0, 0.05) is 24.4 Å². The van der Waals surface area contributed by atoms with E-state index in [-0.39, 0.29) is 17.5 Å². The lowest BCUT2D eigenvalue weighted by atomic mass is 9.65. The summed E-state index contributed by atoms with van der Waals surface area (Å²) in [6.07, 6.45) is -4.30. The molecule has 2 bridgehead atoms. The average Bonchev–Trinajstić information content (AvgIpc) is 3.37. The van der Waals surface area contributed by atoms with Gasteiger partial charge in [-0.1, -0.05) is 0 Å². The lowest BCUT2D eigenvalue weighted by Gasteiger charge is -2.41. The van der Waals surface area contributed by atoms with Crippen molar-refractivity contribution in [2.24, 2.45) is 16.9 Å². The lowest BCUT2D eigenvalue weighted by Crippen LogP contribution is -2.52. The molecule has 1 amide bonds. The number of anilines is 1. The molecule has 180 valence electrons. The molecule has 5 aliphatic rings. The number of hydrazone groups is 1. The van der Waals surface area contributed by atoms with E-state index in [1.165, 1.54) is 11.0 Å². The molecule has 11 heteroatoms. The zero-order valence-corrected chi connectivity index (χ0v) is 18.5. The molecule has 34 heavy (non-hydrogen) atoms. The van der Waals surface area contributed by atoms with Crippen molar-refractivity contribution >= 4 is 17.3 Å². The average molecular weight is 476 g/mol. The monoisotopic (exact) mass is 476 g/mol. The minimum absolute atomic E-state index is 0.0717. The van der Waals surface area contributed by atoms with Crippen molar-refractivity contribution in [3.8, 4) is 6.07 Å². The first-order valence-electron chi connectivity index (χ1n) is 11.3. The zero-order chi connectivity index (χ0) is 23.9. The maximum absolute atomic E-state index is 13.8. The number of rotatable bonds is 2. The van der Waals surface area contributed by atoms with Crippen LogP contribution in [0.15, 0.2) is 23.3 Å². The lowest BCUT2D eigenvalue weighted by molar-refractivity contribution is -0.140. The van der Waals surface area contributed by atoms with Crippen LogP contribution in [-0.2, 0) is 25.2 Å². The van der Waals surface area contributed by atoms with Gasteiger partial charge in [-0.3, -0.25) is 14.7 Å². The molecule has 0 unspecified atom stereocenters. The van der Waals surface area contributed by atoms with E-state index in [2.05, 4.69) is 0 Å². The summed E-state index contributed by atoms with van der Waals surface area (Å²) < 4.78 is 58.8. The Morgan fingerprint density at radius 3 is 2.71 bits per heavy atom. The second kappa shape index (κ2) is 7.16. The largest absolute Gasteiger partial charge is 0.417 e. The Hall–Kier alpha value is -2.68. The molecular formula is C23H23F3N4O4. The molecule has 0 saturated carbocycles. The Labute approximate surface area is 193 Å². The highest BCUT2D eigenvalue weighted by Gasteiger charge is 2.77. The van der Waals surface area contributed by atoms with Crippen LogP contribution in [-0.4, -0.2) is 67.0 Å². The molecule has 0 N–H and O–H groups in total. The number of hydrogen-bond donors (Lipinski definition) is 0. The van der Waals surface area contributed by atoms with Crippen LogP contribution in [0.3, 0.4) is 0 Å². The number of alkyl halides is 3. The second-order valence-corrected chi connectivity index (χ2v) is 9.63. The molecule has 8 nitrogen and oxygen atoms in total. The predicted octanol–water partition coefficient (Wildman–Crippen LogP) is 2.52. The number of amides is 1. The number of fused-ring (bicyclic) bond motifs is 2. The van der Waals surface area contributed by atoms with E-state index >= 15 is 0 Å². The van der Waals surface area contributed by atoms with E-state index < -0.39 is 40.7 Å². The van der Waals surface area contributed by atoms with Gasteiger partial charge in [-0.05, 0) is 25.1 Å². The van der Waals surface area contributed by atoms with Crippen LogP contribution in [0.4, 0.5) is 18.9 Å². The highest BCUT2D eigenvalue weighted by molar-refractivity contribution is 6.08. The third-order valence-corrected chi connectivity index (χ3v) is 7.85. The SMILES string of the molecule is C[C@]12O[C@@]3(CCO[C@H]4[C@@H]3[C@@H]1C(=O)N4c1ccc(C#N)c(C(F)(F)F)c1)C/C2=N\N1CCOCC1. The van der Waals surface area contributed by atoms with Gasteiger partial charge in [-0.2, -0.15) is 23.5 Å². The molecule has 5 atom stereocenters. The first kappa shape index (κ1) is 21.8. The van der Waals surface area contributed by atoms with Gasteiger partial charge in [-0.25, -0.2) is 0 Å². The number of hydrogen-bond acceptors (Lipinski definition) is 7. The number of morpholine rings is 1. The number of nitrogens with zero attached hydrogens (tertiary/aromatic N) is 4. The summed E-state index contributed by atoms with van der Waals surface area (Å²) in [7, 11) is 0. The Bertz CT molecular complexity index is 1130. The molecular weight excluding hydrogens is 453 g/mol. The van der Waals surface area contributed by atoms with Crippen LogP contribution in [0.25, 0.3) is 0 Å². The van der Waals surface area contributed by atoms with Crippen LogP contribution < -0.4 is 4.90 Å². The normalized spacial score (nSPS) is 37.9. The molecule has 1 aromatic rings. The van der Waals surface area contributed by atoms with Crippen molar-refractivity contribution in [1.29, 1.82) is 5.26 Å². The molecule has 5 saturated heterocycles. The van der Waals surface area contributed by atoms with Gasteiger partial charge in [0.15, 0.2) is 0 Å². The topological polar surface area (TPSA) is 87.4 Å². The molecule has 0 radical (unpaired) electrons. The minimum Gasteiger partial charge on any atom is -0.378 e. The van der Waals surface area contributed by atoms with Crippen LogP contribution in [0.2, 0.25) is 0 Å². The van der Waals surface area contributed by atoms with Gasteiger partial charge in [0.1, 0.15) is 11.8 Å². The fourth-order valence-corrected chi connectivity index (χ4v) is 6.39. The molecule has 5 heterocycles. The highest BCUT2D eigenvalue weighted by atomic mass is 19.4. The molecule has 0 aromatic heterocycles.